The van der Waals surface area contributed by atoms with Gasteiger partial charge in [0.2, 0.25) is 5.88 Å². The number of nitrogens with zero attached hydrogens (tertiary/aromatic N) is 3. The zero-order valence-electron chi connectivity index (χ0n) is 17.7. The number of urea groups is 1. The number of piperidine rings is 1. The number of anilines is 1. The fourth-order valence-corrected chi connectivity index (χ4v) is 4.03. The Labute approximate surface area is 196 Å². The van der Waals surface area contributed by atoms with E-state index in [1.807, 2.05) is 36.7 Å². The largest absolute Gasteiger partial charge is 0.439 e. The molecule has 1 aromatic carbocycles. The van der Waals surface area contributed by atoms with Crippen molar-refractivity contribution in [3.05, 3.63) is 77.2 Å². The van der Waals surface area contributed by atoms with Gasteiger partial charge in [0.25, 0.3) is 0 Å². The van der Waals surface area contributed by atoms with E-state index in [1.165, 1.54) is 5.56 Å². The number of ether oxygens (including phenoxy) is 1. The molecular formula is C24H26BrN5O2. The molecular weight excluding hydrogens is 470 g/mol. The van der Waals surface area contributed by atoms with Crippen LogP contribution in [0.25, 0.3) is 0 Å². The van der Waals surface area contributed by atoms with E-state index in [4.69, 9.17) is 4.74 Å². The van der Waals surface area contributed by atoms with Gasteiger partial charge in [-0.05, 0) is 61.2 Å². The van der Waals surface area contributed by atoms with E-state index in [0.717, 1.165) is 43.4 Å². The molecule has 0 bridgehead atoms. The number of pyridine rings is 2. The number of rotatable bonds is 7. The minimum Gasteiger partial charge on any atom is -0.439 e. The van der Waals surface area contributed by atoms with E-state index in [1.54, 1.807) is 18.3 Å². The van der Waals surface area contributed by atoms with Crippen molar-refractivity contribution in [3.63, 3.8) is 0 Å². The highest BCUT2D eigenvalue weighted by Crippen LogP contribution is 2.23. The molecule has 0 saturated carbocycles. The summed E-state index contributed by atoms with van der Waals surface area (Å²) in [5, 5.41) is 5.93. The van der Waals surface area contributed by atoms with Gasteiger partial charge in [-0.3, -0.25) is 4.98 Å². The first kappa shape index (κ1) is 22.2. The van der Waals surface area contributed by atoms with Gasteiger partial charge in [0.15, 0.2) is 0 Å². The standard InChI is InChI=1S/C24H26BrN5O2/c25-19-2-1-3-22(16-19)32-23-5-4-21(17-27-23)29-24(31)28-20-9-14-30(15-10-20)13-8-18-6-11-26-12-7-18/h1-7,11-12,16-17,20H,8-10,13-15H2,(H2,28,29,31). The van der Waals surface area contributed by atoms with Gasteiger partial charge in [-0.25, -0.2) is 9.78 Å². The lowest BCUT2D eigenvalue weighted by molar-refractivity contribution is 0.197. The Hall–Kier alpha value is -2.97. The average molecular weight is 496 g/mol. The molecule has 0 unspecified atom stereocenters. The van der Waals surface area contributed by atoms with Crippen molar-refractivity contribution < 1.29 is 9.53 Å². The molecule has 8 heteroatoms. The van der Waals surface area contributed by atoms with Crippen LogP contribution in [0.4, 0.5) is 10.5 Å². The summed E-state index contributed by atoms with van der Waals surface area (Å²) >= 11 is 3.42. The Morgan fingerprint density at radius 1 is 1.12 bits per heavy atom. The Bertz CT molecular complexity index is 1010. The van der Waals surface area contributed by atoms with Crippen LogP contribution >= 0.6 is 15.9 Å². The molecule has 7 nitrogen and oxygen atoms in total. The summed E-state index contributed by atoms with van der Waals surface area (Å²) in [6.07, 6.45) is 8.18. The molecule has 0 atom stereocenters. The molecule has 3 aromatic rings. The number of likely N-dealkylation sites (tertiary alicyclic amines) is 1. The van der Waals surface area contributed by atoms with Gasteiger partial charge >= 0.3 is 6.03 Å². The zero-order chi connectivity index (χ0) is 22.2. The number of hydrogen-bond donors (Lipinski definition) is 2. The van der Waals surface area contributed by atoms with E-state index in [2.05, 4.69) is 53.6 Å². The second-order valence-electron chi connectivity index (χ2n) is 7.76. The lowest BCUT2D eigenvalue weighted by Crippen LogP contribution is -2.46. The molecule has 0 spiro atoms. The van der Waals surface area contributed by atoms with Gasteiger partial charge < -0.3 is 20.3 Å². The van der Waals surface area contributed by atoms with Crippen LogP contribution in [-0.2, 0) is 6.42 Å². The maximum absolute atomic E-state index is 12.4. The number of carbonyl (C=O) groups is 1. The van der Waals surface area contributed by atoms with Crippen LogP contribution in [0.3, 0.4) is 0 Å². The maximum Gasteiger partial charge on any atom is 0.319 e. The number of hydrogen-bond acceptors (Lipinski definition) is 5. The quantitative estimate of drug-likeness (QED) is 0.489. The normalized spacial score (nSPS) is 14.7. The van der Waals surface area contributed by atoms with E-state index >= 15 is 0 Å². The highest BCUT2D eigenvalue weighted by Gasteiger charge is 2.20. The predicted molar refractivity (Wildman–Crippen MR) is 128 cm³/mol. The fourth-order valence-electron chi connectivity index (χ4n) is 3.66. The molecule has 4 rings (SSSR count). The SMILES string of the molecule is O=C(Nc1ccc(Oc2cccc(Br)c2)nc1)NC1CCN(CCc2ccncc2)CC1. The number of halogens is 1. The third kappa shape index (κ3) is 6.77. The van der Waals surface area contributed by atoms with Crippen LogP contribution in [0.5, 0.6) is 11.6 Å². The van der Waals surface area contributed by atoms with E-state index in [9.17, 15) is 4.79 Å². The summed E-state index contributed by atoms with van der Waals surface area (Å²) in [5.41, 5.74) is 1.93. The number of benzene rings is 1. The van der Waals surface area contributed by atoms with Crippen molar-refractivity contribution in [2.75, 3.05) is 25.0 Å². The van der Waals surface area contributed by atoms with Crippen LogP contribution in [0.2, 0.25) is 0 Å². The molecule has 166 valence electrons. The number of aromatic nitrogens is 2. The van der Waals surface area contributed by atoms with Crippen molar-refractivity contribution in [3.8, 4) is 11.6 Å². The zero-order valence-corrected chi connectivity index (χ0v) is 19.3. The first-order valence-corrected chi connectivity index (χ1v) is 11.5. The molecule has 2 N–H and O–H groups in total. The third-order valence-corrected chi connectivity index (χ3v) is 5.89. The summed E-state index contributed by atoms with van der Waals surface area (Å²) in [5.74, 6) is 1.16. The molecule has 1 aliphatic heterocycles. The summed E-state index contributed by atoms with van der Waals surface area (Å²) in [4.78, 5) is 23.2. The van der Waals surface area contributed by atoms with Crippen molar-refractivity contribution in [2.45, 2.75) is 25.3 Å². The van der Waals surface area contributed by atoms with Crippen LogP contribution in [-0.4, -0.2) is 46.6 Å². The monoisotopic (exact) mass is 495 g/mol. The highest BCUT2D eigenvalue weighted by molar-refractivity contribution is 9.10. The van der Waals surface area contributed by atoms with E-state index in [-0.39, 0.29) is 12.1 Å². The van der Waals surface area contributed by atoms with Gasteiger partial charge in [-0.1, -0.05) is 22.0 Å². The first-order chi connectivity index (χ1) is 15.6. The van der Waals surface area contributed by atoms with Gasteiger partial charge in [-0.2, -0.15) is 0 Å². The lowest BCUT2D eigenvalue weighted by Gasteiger charge is -2.32. The average Bonchev–Trinajstić information content (AvgIpc) is 2.81. The van der Waals surface area contributed by atoms with Gasteiger partial charge in [0.05, 0.1) is 11.9 Å². The number of nitrogens with one attached hydrogen (secondary N) is 2. The minimum atomic E-state index is -0.206. The molecule has 0 radical (unpaired) electrons. The topological polar surface area (TPSA) is 79.4 Å². The van der Waals surface area contributed by atoms with Gasteiger partial charge in [-0.15, -0.1) is 0 Å². The van der Waals surface area contributed by atoms with Crippen LogP contribution in [0.15, 0.2) is 71.6 Å². The summed E-state index contributed by atoms with van der Waals surface area (Å²) in [7, 11) is 0. The highest BCUT2D eigenvalue weighted by atomic mass is 79.9. The summed E-state index contributed by atoms with van der Waals surface area (Å²) in [6.45, 7) is 3.00. The third-order valence-electron chi connectivity index (χ3n) is 5.40. The Kier molecular flexibility index (Phi) is 7.68. The molecule has 1 saturated heterocycles. The van der Waals surface area contributed by atoms with Gasteiger partial charge in [0, 0.05) is 48.6 Å². The fraction of sp³-hybridized carbons (Fsp3) is 0.292. The molecule has 32 heavy (non-hydrogen) atoms. The molecule has 2 amide bonds. The van der Waals surface area contributed by atoms with Crippen LogP contribution in [0, 0.1) is 0 Å². The van der Waals surface area contributed by atoms with E-state index in [0.29, 0.717) is 17.3 Å². The summed E-state index contributed by atoms with van der Waals surface area (Å²) in [6, 6.07) is 15.2. The van der Waals surface area contributed by atoms with Crippen LogP contribution < -0.4 is 15.4 Å². The smallest absolute Gasteiger partial charge is 0.319 e. The Morgan fingerprint density at radius 3 is 2.66 bits per heavy atom. The summed E-state index contributed by atoms with van der Waals surface area (Å²) < 4.78 is 6.66. The molecule has 3 heterocycles. The second-order valence-corrected chi connectivity index (χ2v) is 8.68. The van der Waals surface area contributed by atoms with Crippen molar-refractivity contribution in [1.82, 2.24) is 20.2 Å². The Morgan fingerprint density at radius 2 is 1.94 bits per heavy atom. The number of carbonyl (C=O) groups excluding carboxylic acids is 1. The molecule has 0 aliphatic carbocycles. The minimum absolute atomic E-state index is 0.180. The molecule has 1 aliphatic rings. The predicted octanol–water partition coefficient (Wildman–Crippen LogP) is 4.86. The molecule has 2 aromatic heterocycles. The van der Waals surface area contributed by atoms with Crippen LogP contribution in [0.1, 0.15) is 18.4 Å². The molecule has 1 fully saturated rings. The maximum atomic E-state index is 12.4. The second kappa shape index (κ2) is 11.1. The first-order valence-electron chi connectivity index (χ1n) is 10.7. The van der Waals surface area contributed by atoms with Crippen molar-refractivity contribution in [2.24, 2.45) is 0 Å². The lowest BCUT2D eigenvalue weighted by atomic mass is 10.0. The van der Waals surface area contributed by atoms with Gasteiger partial charge in [0.1, 0.15) is 5.75 Å². The van der Waals surface area contributed by atoms with E-state index < -0.39 is 0 Å². The number of amides is 2. The Balaban J connectivity index is 1.18. The van der Waals surface area contributed by atoms with Crippen molar-refractivity contribution >= 4 is 27.6 Å². The van der Waals surface area contributed by atoms with Crippen molar-refractivity contribution in [1.29, 1.82) is 0 Å².